The molecule has 2 aromatic rings. The second kappa shape index (κ2) is 10.7. The Morgan fingerprint density at radius 2 is 1.80 bits per heavy atom. The van der Waals surface area contributed by atoms with E-state index in [1.165, 1.54) is 17.0 Å². The van der Waals surface area contributed by atoms with E-state index in [4.69, 9.17) is 0 Å². The minimum absolute atomic E-state index is 0.0303. The van der Waals surface area contributed by atoms with Gasteiger partial charge in [0.2, 0.25) is 0 Å². The maximum atomic E-state index is 12.6. The minimum atomic E-state index is -4.01. The first kappa shape index (κ1) is 24.5. The molecule has 10 heteroatoms. The largest absolute Gasteiger partial charge is 0.337 e. The Morgan fingerprint density at radius 3 is 2.57 bits per heavy atom. The van der Waals surface area contributed by atoms with Gasteiger partial charge in [0.15, 0.2) is 0 Å². The number of nitrogens with one attached hydrogen (secondary N) is 3. The Balaban J connectivity index is 1.26. The number of sulfonamides is 1. The van der Waals surface area contributed by atoms with Gasteiger partial charge in [-0.05, 0) is 55.0 Å². The van der Waals surface area contributed by atoms with E-state index in [-0.39, 0.29) is 29.9 Å². The Morgan fingerprint density at radius 1 is 1.03 bits per heavy atom. The number of benzene rings is 2. The molecule has 1 atom stereocenters. The molecule has 2 aromatic carbocycles. The summed E-state index contributed by atoms with van der Waals surface area (Å²) in [6.07, 6.45) is 8.08. The predicted molar refractivity (Wildman–Crippen MR) is 130 cm³/mol. The molecule has 0 radical (unpaired) electrons. The monoisotopic (exact) mass is 496 g/mol. The van der Waals surface area contributed by atoms with Crippen LogP contribution in [0.2, 0.25) is 0 Å². The summed E-state index contributed by atoms with van der Waals surface area (Å²) in [5.41, 5.74) is 2.15. The molecule has 0 spiro atoms. The molecule has 4 rings (SSSR count). The van der Waals surface area contributed by atoms with Crippen LogP contribution < -0.4 is 15.4 Å². The highest BCUT2D eigenvalue weighted by Gasteiger charge is 2.31. The molecule has 0 bridgehead atoms. The van der Waals surface area contributed by atoms with E-state index in [1.54, 1.807) is 24.3 Å². The van der Waals surface area contributed by atoms with Gasteiger partial charge >= 0.3 is 12.1 Å². The van der Waals surface area contributed by atoms with Crippen LogP contribution >= 0.6 is 0 Å². The average Bonchev–Trinajstić information content (AvgIpc) is 2.98. The van der Waals surface area contributed by atoms with Crippen molar-refractivity contribution in [1.82, 2.24) is 20.3 Å². The summed E-state index contributed by atoms with van der Waals surface area (Å²) >= 11 is 0. The highest BCUT2D eigenvalue weighted by molar-refractivity contribution is 7.90. The van der Waals surface area contributed by atoms with Crippen molar-refractivity contribution in [1.29, 1.82) is 0 Å². The fourth-order valence-corrected chi connectivity index (χ4v) is 5.06. The molecule has 3 N–H and O–H groups in total. The Bertz CT molecular complexity index is 1240. The summed E-state index contributed by atoms with van der Waals surface area (Å²) in [6, 6.07) is 11.8. The fraction of sp³-hybridized carbons (Fsp3) is 0.320. The zero-order valence-electron chi connectivity index (χ0n) is 19.2. The smallest absolute Gasteiger partial charge is 0.329 e. The number of allylic oxidation sites excluding steroid dienone is 1. The second-order valence-corrected chi connectivity index (χ2v) is 10.3. The number of hydrogen-bond donors (Lipinski definition) is 3. The second-order valence-electron chi connectivity index (χ2n) is 8.57. The number of hydrogen-bond acceptors (Lipinski definition) is 5. The van der Waals surface area contributed by atoms with Crippen molar-refractivity contribution in [3.63, 3.8) is 0 Å². The zero-order chi connectivity index (χ0) is 24.8. The number of carbonyl (C=O) groups is 3. The molecule has 0 saturated carbocycles. The molecule has 5 amide bonds. The van der Waals surface area contributed by atoms with E-state index >= 15 is 0 Å². The molecule has 35 heavy (non-hydrogen) atoms. The van der Waals surface area contributed by atoms with Gasteiger partial charge in [0.05, 0.1) is 11.4 Å². The highest BCUT2D eigenvalue weighted by Crippen LogP contribution is 2.22. The number of imide groups is 1. The first-order chi connectivity index (χ1) is 16.8. The van der Waals surface area contributed by atoms with Crippen molar-refractivity contribution in [3.05, 3.63) is 77.4 Å². The maximum Gasteiger partial charge on any atom is 0.329 e. The molecule has 0 aromatic heterocycles. The molecule has 1 aliphatic carbocycles. The van der Waals surface area contributed by atoms with Crippen LogP contribution in [0.5, 0.6) is 0 Å². The zero-order valence-corrected chi connectivity index (χ0v) is 20.0. The Labute approximate surface area is 204 Å². The minimum Gasteiger partial charge on any atom is -0.337 e. The molecule has 0 fully saturated rings. The van der Waals surface area contributed by atoms with E-state index in [0.29, 0.717) is 12.0 Å². The van der Waals surface area contributed by atoms with Crippen molar-refractivity contribution >= 4 is 28.0 Å². The van der Waals surface area contributed by atoms with Gasteiger partial charge in [-0.3, -0.25) is 9.69 Å². The number of carbonyl (C=O) groups excluding carboxylic acids is 3. The molecule has 2 aliphatic rings. The van der Waals surface area contributed by atoms with Crippen LogP contribution in [0.25, 0.3) is 0 Å². The normalized spacial score (nSPS) is 17.4. The topological polar surface area (TPSA) is 125 Å². The van der Waals surface area contributed by atoms with Crippen molar-refractivity contribution in [2.75, 3.05) is 6.54 Å². The molecule has 1 heterocycles. The van der Waals surface area contributed by atoms with Crippen LogP contribution in [0, 0.1) is 0 Å². The van der Waals surface area contributed by atoms with Gasteiger partial charge in [0, 0.05) is 18.2 Å². The summed E-state index contributed by atoms with van der Waals surface area (Å²) in [7, 11) is -4.01. The number of rotatable bonds is 6. The summed E-state index contributed by atoms with van der Waals surface area (Å²) in [4.78, 5) is 38.1. The van der Waals surface area contributed by atoms with Crippen LogP contribution in [-0.4, -0.2) is 43.9 Å². The lowest BCUT2D eigenvalue weighted by atomic mass is 10.1. The molecule has 9 nitrogen and oxygen atoms in total. The predicted octanol–water partition coefficient (Wildman–Crippen LogP) is 3.08. The van der Waals surface area contributed by atoms with Gasteiger partial charge in [-0.2, -0.15) is 0 Å². The van der Waals surface area contributed by atoms with Gasteiger partial charge in [-0.25, -0.2) is 22.7 Å². The molecule has 1 unspecified atom stereocenters. The summed E-state index contributed by atoms with van der Waals surface area (Å²) in [5.74, 6) is -0.320. The SMILES string of the molecule is O=C(NC1C=CCCCC1)NS(=O)(=O)c1ccc(CCNC(=O)N2Cc3ccccc3C2=O)cc1. The van der Waals surface area contributed by atoms with Gasteiger partial charge in [-0.15, -0.1) is 0 Å². The quantitative estimate of drug-likeness (QED) is 0.530. The third-order valence-electron chi connectivity index (χ3n) is 6.04. The Hall–Kier alpha value is -3.66. The molecule has 0 saturated heterocycles. The summed E-state index contributed by atoms with van der Waals surface area (Å²) in [6.45, 7) is 0.519. The summed E-state index contributed by atoms with van der Waals surface area (Å²) < 4.78 is 27.2. The van der Waals surface area contributed by atoms with Crippen molar-refractivity contribution in [2.24, 2.45) is 0 Å². The van der Waals surface area contributed by atoms with E-state index < -0.39 is 22.1 Å². The van der Waals surface area contributed by atoms with Crippen LogP contribution in [-0.2, 0) is 23.0 Å². The van der Waals surface area contributed by atoms with Gasteiger partial charge < -0.3 is 10.6 Å². The lowest BCUT2D eigenvalue weighted by molar-refractivity contribution is 0.0821. The number of nitrogens with zero attached hydrogens (tertiary/aromatic N) is 1. The number of fused-ring (bicyclic) bond motifs is 1. The Kier molecular flexibility index (Phi) is 7.50. The van der Waals surface area contributed by atoms with E-state index in [2.05, 4.69) is 15.4 Å². The van der Waals surface area contributed by atoms with Crippen molar-refractivity contribution in [2.45, 2.75) is 49.6 Å². The first-order valence-electron chi connectivity index (χ1n) is 11.6. The van der Waals surface area contributed by atoms with Crippen LogP contribution in [0.4, 0.5) is 9.59 Å². The highest BCUT2D eigenvalue weighted by atomic mass is 32.2. The molecule has 1 aliphatic heterocycles. The lowest BCUT2D eigenvalue weighted by Crippen LogP contribution is -2.43. The van der Waals surface area contributed by atoms with Crippen molar-refractivity contribution < 1.29 is 22.8 Å². The van der Waals surface area contributed by atoms with E-state index in [1.807, 2.05) is 24.3 Å². The lowest BCUT2D eigenvalue weighted by Gasteiger charge is -2.15. The van der Waals surface area contributed by atoms with Gasteiger partial charge in [0.25, 0.3) is 15.9 Å². The fourth-order valence-electron chi connectivity index (χ4n) is 4.15. The number of amides is 5. The third-order valence-corrected chi connectivity index (χ3v) is 7.38. The van der Waals surface area contributed by atoms with Gasteiger partial charge in [-0.1, -0.05) is 48.9 Å². The van der Waals surface area contributed by atoms with Gasteiger partial charge in [0.1, 0.15) is 0 Å². The van der Waals surface area contributed by atoms with Crippen LogP contribution in [0.15, 0.2) is 65.6 Å². The molecular weight excluding hydrogens is 468 g/mol. The van der Waals surface area contributed by atoms with Crippen molar-refractivity contribution in [3.8, 4) is 0 Å². The molecule has 184 valence electrons. The average molecular weight is 497 g/mol. The standard InChI is InChI=1S/C25H28N4O5S/c30-23-22-10-6-5-7-19(22)17-29(23)25(32)26-16-15-18-11-13-21(14-12-18)35(33,34)28-24(31)27-20-8-3-1-2-4-9-20/h3,5-8,10-14,20H,1-2,4,9,15-17H2,(H,26,32)(H2,27,28,31). The van der Waals surface area contributed by atoms with E-state index in [0.717, 1.165) is 36.8 Å². The number of urea groups is 2. The van der Waals surface area contributed by atoms with Crippen LogP contribution in [0.3, 0.4) is 0 Å². The maximum absolute atomic E-state index is 12.6. The third kappa shape index (κ3) is 6.07. The first-order valence-corrected chi connectivity index (χ1v) is 13.1. The molecular formula is C25H28N4O5S. The van der Waals surface area contributed by atoms with Crippen LogP contribution in [0.1, 0.15) is 47.2 Å². The summed E-state index contributed by atoms with van der Waals surface area (Å²) in [5, 5.41) is 5.41. The van der Waals surface area contributed by atoms with E-state index in [9.17, 15) is 22.8 Å².